The van der Waals surface area contributed by atoms with E-state index >= 15 is 0 Å². The van der Waals surface area contributed by atoms with Gasteiger partial charge in [-0.05, 0) is 36.4 Å². The van der Waals surface area contributed by atoms with Crippen LogP contribution in [0.2, 0.25) is 0 Å². The summed E-state index contributed by atoms with van der Waals surface area (Å²) >= 11 is 0. The van der Waals surface area contributed by atoms with Crippen molar-refractivity contribution in [3.05, 3.63) is 136 Å². The second kappa shape index (κ2) is 13.6. The van der Waals surface area contributed by atoms with Crippen molar-refractivity contribution in [3.8, 4) is 5.75 Å². The molecule has 4 atom stereocenters. The fraction of sp³-hybridized carbons (Fsp3) is 0.182. The molecule has 0 bridgehead atoms. The number of hydrogen-bond donors (Lipinski definition) is 0. The average molecular weight is 599 g/mol. The largest absolute Gasteiger partial charge is 0.462 e. The Balaban J connectivity index is 1.50. The number of carbonyl (C=O) groups excluding carboxylic acids is 4. The van der Waals surface area contributed by atoms with Crippen LogP contribution in [0.5, 0.6) is 5.75 Å². The molecule has 1 aliphatic rings. The normalized spacial score (nSPS) is 19.0. The number of hydrogen-bond acceptors (Lipinski definition) is 11. The van der Waals surface area contributed by atoms with Gasteiger partial charge in [0.25, 0.3) is 0 Å². The summed E-state index contributed by atoms with van der Waals surface area (Å²) in [6.45, 7) is 0.714. The van der Waals surface area contributed by atoms with Crippen LogP contribution in [0, 0.1) is 0 Å². The molecule has 1 saturated heterocycles. The molecule has 11 nitrogen and oxygen atoms in total. The fourth-order valence-corrected chi connectivity index (χ4v) is 4.50. The predicted octanol–water partition coefficient (Wildman–Crippen LogP) is 4.31. The van der Waals surface area contributed by atoms with Gasteiger partial charge in [-0.3, -0.25) is 9.59 Å². The third kappa shape index (κ3) is 7.08. The van der Waals surface area contributed by atoms with Crippen LogP contribution in [0.15, 0.2) is 113 Å². The van der Waals surface area contributed by atoms with Crippen molar-refractivity contribution >= 4 is 23.9 Å². The Bertz CT molecular complexity index is 1680. The number of ether oxygens (including phenoxy) is 5. The van der Waals surface area contributed by atoms with Gasteiger partial charge in [0.2, 0.25) is 11.2 Å². The molecule has 0 radical (unpaired) electrons. The van der Waals surface area contributed by atoms with E-state index in [2.05, 4.69) is 0 Å². The summed E-state index contributed by atoms with van der Waals surface area (Å²) in [5, 5.41) is 0. The molecular formula is C33H26O11. The zero-order chi connectivity index (χ0) is 31.1. The van der Waals surface area contributed by atoms with Crippen molar-refractivity contribution in [1.29, 1.82) is 0 Å². The van der Waals surface area contributed by atoms with Gasteiger partial charge in [-0.1, -0.05) is 54.6 Å². The van der Waals surface area contributed by atoms with Crippen molar-refractivity contribution in [3.63, 3.8) is 0 Å². The minimum atomic E-state index is -1.36. The molecule has 44 heavy (non-hydrogen) atoms. The maximum Gasteiger partial charge on any atom is 0.338 e. The second-order valence-electron chi connectivity index (χ2n) is 9.64. The Kier molecular flexibility index (Phi) is 9.26. The van der Waals surface area contributed by atoms with Crippen LogP contribution in [0.3, 0.4) is 0 Å². The summed E-state index contributed by atoms with van der Waals surface area (Å²) in [6, 6.07) is 25.4. The fourth-order valence-electron chi connectivity index (χ4n) is 4.50. The van der Waals surface area contributed by atoms with Crippen LogP contribution >= 0.6 is 0 Å². The Morgan fingerprint density at radius 2 is 1.20 bits per heavy atom. The minimum absolute atomic E-state index is 0.116. The molecule has 2 heterocycles. The molecule has 0 amide bonds. The Morgan fingerprint density at radius 3 is 1.70 bits per heavy atom. The smallest absolute Gasteiger partial charge is 0.338 e. The van der Waals surface area contributed by atoms with Crippen LogP contribution in [-0.4, -0.2) is 48.8 Å². The Labute approximate surface area is 250 Å². The lowest BCUT2D eigenvalue weighted by Crippen LogP contribution is -2.40. The van der Waals surface area contributed by atoms with Crippen molar-refractivity contribution in [2.24, 2.45) is 0 Å². The highest BCUT2D eigenvalue weighted by Gasteiger charge is 2.52. The van der Waals surface area contributed by atoms with E-state index in [1.807, 2.05) is 0 Å². The molecule has 224 valence electrons. The van der Waals surface area contributed by atoms with Crippen LogP contribution in [0.4, 0.5) is 0 Å². The summed E-state index contributed by atoms with van der Waals surface area (Å²) in [4.78, 5) is 63.3. The van der Waals surface area contributed by atoms with Gasteiger partial charge in [0.15, 0.2) is 18.3 Å². The molecule has 0 saturated carbocycles. The number of benzene rings is 3. The van der Waals surface area contributed by atoms with E-state index in [4.69, 9.17) is 28.1 Å². The standard InChI is InChI=1S/C33H26O11/c1-20(34)41-26-18-39-25(17-24(26)35)28-30(44-33(38)23-15-9-4-10-16-23)29(43-32(37)22-13-7-3-8-14-22)27(42-28)19-40-31(36)21-11-5-2-6-12-21/h2-18,27-30H,19H2,1H3/t27-,28+,29-,30+/m1/s1. The molecule has 3 aromatic carbocycles. The molecule has 0 unspecified atom stereocenters. The van der Waals surface area contributed by atoms with Gasteiger partial charge in [0.1, 0.15) is 24.7 Å². The van der Waals surface area contributed by atoms with E-state index in [1.165, 1.54) is 24.3 Å². The van der Waals surface area contributed by atoms with Gasteiger partial charge in [-0.15, -0.1) is 0 Å². The SMILES string of the molecule is CC(=O)Oc1coc([C@@H]2O[C@H](COC(=O)c3ccccc3)[C@@H](OC(=O)c3ccccc3)[C@H]2OC(=O)c2ccccc2)cc1=O. The molecule has 1 fully saturated rings. The van der Waals surface area contributed by atoms with Crippen LogP contribution < -0.4 is 10.2 Å². The summed E-state index contributed by atoms with van der Waals surface area (Å²) in [5.41, 5.74) is -0.0275. The highest BCUT2D eigenvalue weighted by molar-refractivity contribution is 5.91. The van der Waals surface area contributed by atoms with Crippen molar-refractivity contribution in [1.82, 2.24) is 0 Å². The Morgan fingerprint density at radius 1 is 0.705 bits per heavy atom. The zero-order valence-electron chi connectivity index (χ0n) is 23.3. The molecule has 4 aromatic rings. The first-order valence-electron chi connectivity index (χ1n) is 13.5. The van der Waals surface area contributed by atoms with E-state index in [1.54, 1.807) is 66.7 Å². The lowest BCUT2D eigenvalue weighted by molar-refractivity contribution is -0.132. The topological polar surface area (TPSA) is 145 Å². The van der Waals surface area contributed by atoms with Crippen molar-refractivity contribution in [2.45, 2.75) is 31.3 Å². The quantitative estimate of drug-likeness (QED) is 0.201. The summed E-state index contributed by atoms with van der Waals surface area (Å²) < 4.78 is 33.8. The van der Waals surface area contributed by atoms with Gasteiger partial charge >= 0.3 is 23.9 Å². The maximum absolute atomic E-state index is 13.2. The lowest BCUT2D eigenvalue weighted by Gasteiger charge is -2.24. The molecule has 11 heteroatoms. The first-order chi connectivity index (χ1) is 21.3. The van der Waals surface area contributed by atoms with Gasteiger partial charge in [0.05, 0.1) is 16.7 Å². The van der Waals surface area contributed by atoms with Gasteiger partial charge in [-0.2, -0.15) is 0 Å². The molecule has 0 aliphatic carbocycles. The molecule has 0 N–H and O–H groups in total. The van der Waals surface area contributed by atoms with Gasteiger partial charge < -0.3 is 28.1 Å². The van der Waals surface area contributed by atoms with E-state index < -0.39 is 60.3 Å². The highest BCUT2D eigenvalue weighted by Crippen LogP contribution is 2.38. The molecule has 1 aromatic heterocycles. The summed E-state index contributed by atoms with van der Waals surface area (Å²) in [7, 11) is 0. The second-order valence-corrected chi connectivity index (χ2v) is 9.64. The maximum atomic E-state index is 13.2. The molecule has 5 rings (SSSR count). The zero-order valence-corrected chi connectivity index (χ0v) is 23.3. The average Bonchev–Trinajstić information content (AvgIpc) is 3.37. The van der Waals surface area contributed by atoms with Crippen LogP contribution in [0.25, 0.3) is 0 Å². The molecule has 1 aliphatic heterocycles. The van der Waals surface area contributed by atoms with Crippen LogP contribution in [0.1, 0.15) is 49.9 Å². The molecule has 0 spiro atoms. The number of esters is 4. The first-order valence-corrected chi connectivity index (χ1v) is 13.5. The van der Waals surface area contributed by atoms with Gasteiger partial charge in [-0.25, -0.2) is 14.4 Å². The predicted molar refractivity (Wildman–Crippen MR) is 152 cm³/mol. The van der Waals surface area contributed by atoms with Crippen molar-refractivity contribution < 1.29 is 47.3 Å². The molecular weight excluding hydrogens is 572 g/mol. The van der Waals surface area contributed by atoms with Crippen molar-refractivity contribution in [2.75, 3.05) is 6.61 Å². The lowest BCUT2D eigenvalue weighted by atomic mass is 10.0. The minimum Gasteiger partial charge on any atom is -0.462 e. The van der Waals surface area contributed by atoms with E-state index in [0.29, 0.717) is 0 Å². The number of carbonyl (C=O) groups is 4. The third-order valence-electron chi connectivity index (χ3n) is 6.56. The summed E-state index contributed by atoms with van der Waals surface area (Å²) in [5.74, 6) is -3.41. The highest BCUT2D eigenvalue weighted by atomic mass is 16.7. The van der Waals surface area contributed by atoms with E-state index in [0.717, 1.165) is 19.3 Å². The third-order valence-corrected chi connectivity index (χ3v) is 6.56. The van der Waals surface area contributed by atoms with E-state index in [-0.39, 0.29) is 28.2 Å². The van der Waals surface area contributed by atoms with Crippen LogP contribution in [-0.2, 0) is 23.7 Å². The Hall–Kier alpha value is -5.55. The number of rotatable bonds is 9. The van der Waals surface area contributed by atoms with E-state index in [9.17, 15) is 24.0 Å². The first kappa shape index (κ1) is 29.9. The summed E-state index contributed by atoms with van der Waals surface area (Å²) in [6.07, 6.45) is -4.21. The van der Waals surface area contributed by atoms with Gasteiger partial charge in [0, 0.05) is 13.0 Å². The monoisotopic (exact) mass is 598 g/mol.